The van der Waals surface area contributed by atoms with Crippen molar-refractivity contribution in [2.24, 2.45) is 0 Å². The number of imide groups is 1. The zero-order valence-electron chi connectivity index (χ0n) is 11.4. The van der Waals surface area contributed by atoms with Crippen molar-refractivity contribution >= 4 is 46.3 Å². The Hall–Kier alpha value is -1.90. The van der Waals surface area contributed by atoms with E-state index in [2.05, 4.69) is 0 Å². The molecule has 1 heterocycles. The Morgan fingerprint density at radius 1 is 1.45 bits per heavy atom. The molecule has 1 fully saturated rings. The van der Waals surface area contributed by atoms with Crippen molar-refractivity contribution in [2.45, 2.75) is 0 Å². The predicted molar refractivity (Wildman–Crippen MR) is 82.7 cm³/mol. The van der Waals surface area contributed by atoms with E-state index in [0.29, 0.717) is 5.56 Å². The Morgan fingerprint density at radius 2 is 2.18 bits per heavy atom. The highest BCUT2D eigenvalue weighted by Gasteiger charge is 2.34. The van der Waals surface area contributed by atoms with Crippen molar-refractivity contribution in [3.05, 3.63) is 43.8 Å². The summed E-state index contributed by atoms with van der Waals surface area (Å²) in [4.78, 5) is 35.4. The second kappa shape index (κ2) is 6.91. The number of rotatable bonds is 5. The maximum absolute atomic E-state index is 12.1. The Kier molecular flexibility index (Phi) is 5.17. The van der Waals surface area contributed by atoms with E-state index in [-0.39, 0.29) is 28.8 Å². The minimum absolute atomic E-state index is 0.144. The maximum Gasteiger partial charge on any atom is 0.293 e. The van der Waals surface area contributed by atoms with Crippen molar-refractivity contribution in [3.8, 4) is 0 Å². The number of nitro groups is 1. The van der Waals surface area contributed by atoms with Crippen LogP contribution in [0.15, 0.2) is 23.1 Å². The summed E-state index contributed by atoms with van der Waals surface area (Å²) in [5, 5.41) is 10.6. The van der Waals surface area contributed by atoms with E-state index in [1.807, 2.05) is 0 Å². The molecule has 116 valence electrons. The first kappa shape index (κ1) is 16.5. The predicted octanol–water partition coefficient (Wildman–Crippen LogP) is 2.93. The molecule has 1 aromatic carbocycles. The number of ether oxygens (including phenoxy) is 1. The van der Waals surface area contributed by atoms with Crippen LogP contribution in [0.25, 0.3) is 6.08 Å². The van der Waals surface area contributed by atoms with Gasteiger partial charge < -0.3 is 4.74 Å². The van der Waals surface area contributed by atoms with Crippen molar-refractivity contribution in [3.63, 3.8) is 0 Å². The quantitative estimate of drug-likeness (QED) is 0.464. The lowest BCUT2D eigenvalue weighted by Crippen LogP contribution is -2.31. The lowest BCUT2D eigenvalue weighted by Gasteiger charge is -2.10. The van der Waals surface area contributed by atoms with Gasteiger partial charge in [-0.3, -0.25) is 24.6 Å². The van der Waals surface area contributed by atoms with Gasteiger partial charge in [0.05, 0.1) is 23.0 Å². The number of non-ortho nitro benzene ring substituents is 1. The Balaban J connectivity index is 2.30. The third kappa shape index (κ3) is 3.46. The summed E-state index contributed by atoms with van der Waals surface area (Å²) in [7, 11) is 1.47. The van der Waals surface area contributed by atoms with Crippen LogP contribution in [0.4, 0.5) is 10.5 Å². The smallest absolute Gasteiger partial charge is 0.293 e. The van der Waals surface area contributed by atoms with Crippen molar-refractivity contribution in [1.29, 1.82) is 0 Å². The van der Waals surface area contributed by atoms with Crippen molar-refractivity contribution in [2.75, 3.05) is 20.3 Å². The molecule has 9 heteroatoms. The standard InChI is InChI=1S/C13H11ClN2O5S/c1-21-5-4-15-12(17)11(22-13(15)18)7-8-6-9(16(19)20)2-3-10(8)14/h2-3,6-7H,4-5H2,1H3/b11-7+. The highest BCUT2D eigenvalue weighted by atomic mass is 35.5. The fourth-order valence-corrected chi connectivity index (χ4v) is 2.80. The largest absolute Gasteiger partial charge is 0.383 e. The third-order valence-corrected chi connectivity index (χ3v) is 4.12. The van der Waals surface area contributed by atoms with E-state index in [9.17, 15) is 19.7 Å². The van der Waals surface area contributed by atoms with E-state index >= 15 is 0 Å². The van der Waals surface area contributed by atoms with Crippen LogP contribution < -0.4 is 0 Å². The highest BCUT2D eigenvalue weighted by Crippen LogP contribution is 2.34. The zero-order chi connectivity index (χ0) is 16.3. The van der Waals surface area contributed by atoms with E-state index in [1.165, 1.54) is 31.4 Å². The maximum atomic E-state index is 12.1. The number of methoxy groups -OCH3 is 1. The van der Waals surface area contributed by atoms with Crippen LogP contribution in [-0.2, 0) is 9.53 Å². The number of halogens is 1. The molecule has 1 aromatic rings. The number of nitro benzene ring substituents is 1. The van der Waals surface area contributed by atoms with Gasteiger partial charge in [-0.15, -0.1) is 0 Å². The minimum Gasteiger partial charge on any atom is -0.383 e. The number of amides is 2. The first-order chi connectivity index (χ1) is 10.4. The van der Waals surface area contributed by atoms with E-state index in [1.54, 1.807) is 0 Å². The molecule has 7 nitrogen and oxygen atoms in total. The van der Waals surface area contributed by atoms with Crippen LogP contribution in [0.5, 0.6) is 0 Å². The third-order valence-electron chi connectivity index (χ3n) is 2.87. The number of benzene rings is 1. The molecule has 0 aliphatic carbocycles. The Bertz CT molecular complexity index is 676. The molecule has 0 atom stereocenters. The van der Waals surface area contributed by atoms with Gasteiger partial charge in [-0.05, 0) is 23.9 Å². The molecule has 2 amide bonds. The van der Waals surface area contributed by atoms with Gasteiger partial charge in [0.1, 0.15) is 0 Å². The fourth-order valence-electron chi connectivity index (χ4n) is 1.77. The van der Waals surface area contributed by atoms with Crippen LogP contribution in [0.1, 0.15) is 5.56 Å². The van der Waals surface area contributed by atoms with Crippen LogP contribution in [0, 0.1) is 10.1 Å². The second-order valence-corrected chi connectivity index (χ2v) is 5.69. The second-order valence-electron chi connectivity index (χ2n) is 4.29. The van der Waals surface area contributed by atoms with Gasteiger partial charge in [0.2, 0.25) is 0 Å². The molecule has 0 radical (unpaired) electrons. The molecule has 1 aliphatic heterocycles. The summed E-state index contributed by atoms with van der Waals surface area (Å²) in [6, 6.07) is 3.90. The molecule has 0 saturated carbocycles. The average Bonchev–Trinajstić information content (AvgIpc) is 2.73. The fraction of sp³-hybridized carbons (Fsp3) is 0.231. The van der Waals surface area contributed by atoms with E-state index in [4.69, 9.17) is 16.3 Å². The van der Waals surface area contributed by atoms with Crippen molar-refractivity contribution < 1.29 is 19.2 Å². The van der Waals surface area contributed by atoms with Gasteiger partial charge in [0.25, 0.3) is 16.8 Å². The molecule has 22 heavy (non-hydrogen) atoms. The summed E-state index contributed by atoms with van der Waals surface area (Å²) >= 11 is 6.74. The summed E-state index contributed by atoms with van der Waals surface area (Å²) in [5.74, 6) is -0.463. The van der Waals surface area contributed by atoms with Gasteiger partial charge in [-0.25, -0.2) is 0 Å². The number of hydrogen-bond acceptors (Lipinski definition) is 6. The van der Waals surface area contributed by atoms with Crippen molar-refractivity contribution in [1.82, 2.24) is 4.90 Å². The average molecular weight is 343 g/mol. The molecule has 0 bridgehead atoms. The van der Waals surface area contributed by atoms with E-state index < -0.39 is 16.1 Å². The number of thioether (sulfide) groups is 1. The van der Waals surface area contributed by atoms with Gasteiger partial charge >= 0.3 is 0 Å². The monoisotopic (exact) mass is 342 g/mol. The first-order valence-electron chi connectivity index (χ1n) is 6.12. The van der Waals surface area contributed by atoms with Crippen LogP contribution in [0.3, 0.4) is 0 Å². The number of nitrogens with zero attached hydrogens (tertiary/aromatic N) is 2. The molecule has 0 spiro atoms. The zero-order valence-corrected chi connectivity index (χ0v) is 13.0. The van der Waals surface area contributed by atoms with Crippen LogP contribution >= 0.6 is 23.4 Å². The van der Waals surface area contributed by atoms with E-state index in [0.717, 1.165) is 16.7 Å². The Morgan fingerprint density at radius 3 is 2.82 bits per heavy atom. The molecule has 1 saturated heterocycles. The summed E-state index contributed by atoms with van der Waals surface area (Å²) in [6.07, 6.45) is 1.38. The molecular weight excluding hydrogens is 332 g/mol. The highest BCUT2D eigenvalue weighted by molar-refractivity contribution is 8.18. The molecular formula is C13H11ClN2O5S. The Labute approximate surface area is 135 Å². The normalized spacial score (nSPS) is 16.6. The van der Waals surface area contributed by atoms with Gasteiger partial charge in [0.15, 0.2) is 0 Å². The molecule has 1 aliphatic rings. The summed E-state index contributed by atoms with van der Waals surface area (Å²) < 4.78 is 4.84. The topological polar surface area (TPSA) is 89.8 Å². The lowest BCUT2D eigenvalue weighted by molar-refractivity contribution is -0.384. The number of carbonyl (C=O) groups excluding carboxylic acids is 2. The SMILES string of the molecule is COCCN1C(=O)S/C(=C/c2cc([N+](=O)[O-])ccc2Cl)C1=O. The number of hydrogen-bond donors (Lipinski definition) is 0. The minimum atomic E-state index is -0.558. The molecule has 0 unspecified atom stereocenters. The summed E-state index contributed by atoms with van der Waals surface area (Å²) in [5.41, 5.74) is 0.169. The molecule has 0 N–H and O–H groups in total. The van der Waals surface area contributed by atoms with Crippen LogP contribution in [-0.4, -0.2) is 41.2 Å². The molecule has 0 aromatic heterocycles. The lowest BCUT2D eigenvalue weighted by atomic mass is 10.2. The summed E-state index contributed by atoms with van der Waals surface area (Å²) in [6.45, 7) is 0.393. The van der Waals surface area contributed by atoms with Gasteiger partial charge in [-0.2, -0.15) is 0 Å². The van der Waals surface area contributed by atoms with Crippen LogP contribution in [0.2, 0.25) is 5.02 Å². The number of carbonyl (C=O) groups is 2. The van der Waals surface area contributed by atoms with Gasteiger partial charge in [-0.1, -0.05) is 11.6 Å². The molecule has 2 rings (SSSR count). The first-order valence-corrected chi connectivity index (χ1v) is 7.31. The van der Waals surface area contributed by atoms with Gasteiger partial charge in [0, 0.05) is 29.8 Å².